The van der Waals surface area contributed by atoms with E-state index >= 15 is 0 Å². The number of aliphatic hydroxyl groups is 2. The van der Waals surface area contributed by atoms with Crippen molar-refractivity contribution in [2.75, 3.05) is 6.61 Å². The zero-order valence-corrected chi connectivity index (χ0v) is 28.5. The Hall–Kier alpha value is -4.16. The van der Waals surface area contributed by atoms with E-state index in [4.69, 9.17) is 18.9 Å². The van der Waals surface area contributed by atoms with Crippen LogP contribution in [0.15, 0.2) is 54.9 Å². The van der Waals surface area contributed by atoms with Gasteiger partial charge >= 0.3 is 23.9 Å². The van der Waals surface area contributed by atoms with Gasteiger partial charge < -0.3 is 29.2 Å². The molecule has 0 saturated heterocycles. The number of esters is 4. The standard InChI is InChI=1S/C37H43NO11/c1-19-16-37(45)27(28(19)48-21(3)40)30(49-32(42)22-11-8-7-9-12-22)36(18-46-31(41)23-13-10-14-38-17-23)25(47-20(2)39)15-24-26(34(24,4)5)29(36)35(6,44)33(37)43/h7-14,17,19,24-30,44-45H,15-16,18H2,1-6H3/t19-,24-,25+,26-,27+,28-,29-,30+,35-,36+,37+/m0/s1. The summed E-state index contributed by atoms with van der Waals surface area (Å²) in [6, 6.07) is 11.1. The molecule has 4 saturated carbocycles. The molecule has 4 aliphatic carbocycles. The second-order valence-corrected chi connectivity index (χ2v) is 15.1. The monoisotopic (exact) mass is 677 g/mol. The Morgan fingerprint density at radius 3 is 2.14 bits per heavy atom. The molecular weight excluding hydrogens is 634 g/mol. The van der Waals surface area contributed by atoms with Crippen molar-refractivity contribution in [1.29, 1.82) is 0 Å². The molecular formula is C37H43NO11. The molecule has 0 aliphatic heterocycles. The molecule has 262 valence electrons. The number of carbonyl (C=O) groups excluding carboxylic acids is 5. The van der Waals surface area contributed by atoms with Crippen LogP contribution < -0.4 is 0 Å². The molecule has 1 heterocycles. The average Bonchev–Trinajstić information content (AvgIpc) is 3.49. The second kappa shape index (κ2) is 12.0. The fourth-order valence-corrected chi connectivity index (χ4v) is 9.77. The number of rotatable bonds is 7. The van der Waals surface area contributed by atoms with Gasteiger partial charge in [-0.05, 0) is 67.2 Å². The van der Waals surface area contributed by atoms with Crippen LogP contribution in [-0.4, -0.2) is 81.0 Å². The number of aromatic nitrogens is 1. The van der Waals surface area contributed by atoms with Gasteiger partial charge in [0.15, 0.2) is 5.78 Å². The lowest BCUT2D eigenvalue weighted by Crippen LogP contribution is -2.65. The summed E-state index contributed by atoms with van der Waals surface area (Å²) in [5.74, 6) is -7.76. The first-order valence-electron chi connectivity index (χ1n) is 16.6. The van der Waals surface area contributed by atoms with E-state index in [0.29, 0.717) is 0 Å². The third kappa shape index (κ3) is 5.43. The Balaban J connectivity index is 1.64. The minimum absolute atomic E-state index is 0.109. The van der Waals surface area contributed by atoms with E-state index in [-0.39, 0.29) is 29.9 Å². The smallest absolute Gasteiger partial charge is 0.339 e. The van der Waals surface area contributed by atoms with Crippen molar-refractivity contribution < 1.29 is 53.1 Å². The SMILES string of the molecule is CC(=O)O[C@@H]1[C@@H]2[C@@H](OC(=O)c3ccccc3)[C@@]3(COC(=O)c4cccnc4)[C@@H]([C@@H]4[C@H](C[C@H]3OC(C)=O)C4(C)C)[C@](C)(O)C(=O)[C@@]2(O)C[C@@H]1C. The van der Waals surface area contributed by atoms with Crippen LogP contribution in [0.2, 0.25) is 0 Å². The molecule has 0 amide bonds. The number of carbonyl (C=O) groups is 5. The minimum Gasteiger partial charge on any atom is -0.462 e. The first-order chi connectivity index (χ1) is 23.0. The van der Waals surface area contributed by atoms with Crippen LogP contribution in [0.4, 0.5) is 0 Å². The number of pyridine rings is 1. The second-order valence-electron chi connectivity index (χ2n) is 15.1. The van der Waals surface area contributed by atoms with E-state index < -0.39 is 100 Å². The van der Waals surface area contributed by atoms with Crippen LogP contribution in [0.3, 0.4) is 0 Å². The Kier molecular flexibility index (Phi) is 8.51. The number of Topliss-reactive ketones (excluding diaryl/α,β-unsaturated/α-hetero) is 1. The van der Waals surface area contributed by atoms with Crippen LogP contribution in [-0.2, 0) is 33.3 Å². The maximum Gasteiger partial charge on any atom is 0.339 e. The lowest BCUT2D eigenvalue weighted by Gasteiger charge is -2.54. The molecule has 4 fully saturated rings. The number of benzene rings is 1. The normalized spacial score (nSPS) is 38.5. The van der Waals surface area contributed by atoms with Gasteiger partial charge in [-0.25, -0.2) is 9.59 Å². The summed E-state index contributed by atoms with van der Waals surface area (Å²) in [4.78, 5) is 72.0. The molecule has 0 bridgehead atoms. The zero-order chi connectivity index (χ0) is 35.7. The lowest BCUT2D eigenvalue weighted by atomic mass is 9.55. The molecule has 12 nitrogen and oxygen atoms in total. The average molecular weight is 678 g/mol. The highest BCUT2D eigenvalue weighted by atomic mass is 16.6. The zero-order valence-electron chi connectivity index (χ0n) is 28.5. The highest BCUT2D eigenvalue weighted by Crippen LogP contribution is 2.75. The summed E-state index contributed by atoms with van der Waals surface area (Å²) >= 11 is 0. The molecule has 2 N–H and O–H groups in total. The fraction of sp³-hybridized carbons (Fsp3) is 0.568. The van der Waals surface area contributed by atoms with E-state index in [1.54, 1.807) is 31.2 Å². The van der Waals surface area contributed by atoms with Crippen molar-refractivity contribution in [3.05, 3.63) is 66.0 Å². The summed E-state index contributed by atoms with van der Waals surface area (Å²) < 4.78 is 24.4. The predicted molar refractivity (Wildman–Crippen MR) is 170 cm³/mol. The van der Waals surface area contributed by atoms with Gasteiger partial charge in [0.05, 0.1) is 22.5 Å². The van der Waals surface area contributed by atoms with Crippen molar-refractivity contribution in [2.45, 2.75) is 83.9 Å². The molecule has 11 atom stereocenters. The van der Waals surface area contributed by atoms with Crippen LogP contribution in [0.1, 0.15) is 75.1 Å². The van der Waals surface area contributed by atoms with Crippen LogP contribution in [0, 0.1) is 40.4 Å². The number of hydrogen-bond acceptors (Lipinski definition) is 12. The Bertz CT molecular complexity index is 1660. The van der Waals surface area contributed by atoms with Crippen molar-refractivity contribution in [3.8, 4) is 0 Å². The highest BCUT2D eigenvalue weighted by molar-refractivity contribution is 5.96. The third-order valence-electron chi connectivity index (χ3n) is 11.8. The molecule has 0 radical (unpaired) electrons. The summed E-state index contributed by atoms with van der Waals surface area (Å²) in [5, 5.41) is 25.2. The largest absolute Gasteiger partial charge is 0.462 e. The molecule has 1 aromatic carbocycles. The first kappa shape index (κ1) is 34.7. The van der Waals surface area contributed by atoms with Gasteiger partial charge in [-0.1, -0.05) is 39.0 Å². The van der Waals surface area contributed by atoms with Gasteiger partial charge in [-0.2, -0.15) is 0 Å². The summed E-state index contributed by atoms with van der Waals surface area (Å²) in [5.41, 5.74) is -6.75. The van der Waals surface area contributed by atoms with Gasteiger partial charge in [-0.15, -0.1) is 0 Å². The van der Waals surface area contributed by atoms with Gasteiger partial charge in [0, 0.05) is 32.2 Å². The molecule has 4 aliphatic rings. The quantitative estimate of drug-likeness (QED) is 0.324. The molecule has 0 unspecified atom stereocenters. The molecule has 49 heavy (non-hydrogen) atoms. The Morgan fingerprint density at radius 2 is 1.53 bits per heavy atom. The number of nitrogens with zero attached hydrogens (tertiary/aromatic N) is 1. The fourth-order valence-electron chi connectivity index (χ4n) is 9.77. The molecule has 1 aromatic heterocycles. The summed E-state index contributed by atoms with van der Waals surface area (Å²) in [6.07, 6.45) is -1.13. The molecule has 0 spiro atoms. The number of fused-ring (bicyclic) bond motifs is 4. The predicted octanol–water partition coefficient (Wildman–Crippen LogP) is 3.33. The number of ketones is 1. The van der Waals surface area contributed by atoms with Crippen LogP contribution in [0.25, 0.3) is 0 Å². The van der Waals surface area contributed by atoms with E-state index in [2.05, 4.69) is 4.98 Å². The lowest BCUT2D eigenvalue weighted by molar-refractivity contribution is -0.223. The number of ether oxygens (including phenoxy) is 4. The van der Waals surface area contributed by atoms with E-state index in [1.165, 1.54) is 51.4 Å². The maximum absolute atomic E-state index is 14.8. The third-order valence-corrected chi connectivity index (χ3v) is 11.8. The van der Waals surface area contributed by atoms with E-state index in [1.807, 2.05) is 13.8 Å². The highest BCUT2D eigenvalue weighted by Gasteiger charge is 2.83. The summed E-state index contributed by atoms with van der Waals surface area (Å²) in [6.45, 7) is 8.77. The first-order valence-corrected chi connectivity index (χ1v) is 16.6. The number of hydrogen-bond donors (Lipinski definition) is 2. The van der Waals surface area contributed by atoms with Crippen LogP contribution in [0.5, 0.6) is 0 Å². The minimum atomic E-state index is -2.36. The van der Waals surface area contributed by atoms with Gasteiger partial charge in [0.1, 0.15) is 36.1 Å². The van der Waals surface area contributed by atoms with Gasteiger partial charge in [0.2, 0.25) is 0 Å². The van der Waals surface area contributed by atoms with Crippen molar-refractivity contribution in [2.24, 2.45) is 40.4 Å². The van der Waals surface area contributed by atoms with Crippen LogP contribution >= 0.6 is 0 Å². The van der Waals surface area contributed by atoms with Crippen molar-refractivity contribution >= 4 is 29.7 Å². The van der Waals surface area contributed by atoms with E-state index in [9.17, 15) is 34.2 Å². The van der Waals surface area contributed by atoms with Crippen molar-refractivity contribution in [3.63, 3.8) is 0 Å². The topological polar surface area (TPSA) is 176 Å². The Labute approximate surface area is 284 Å². The van der Waals surface area contributed by atoms with E-state index in [0.717, 1.165) is 0 Å². The summed E-state index contributed by atoms with van der Waals surface area (Å²) in [7, 11) is 0. The molecule has 12 heteroatoms. The van der Waals surface area contributed by atoms with Gasteiger partial charge in [0.25, 0.3) is 0 Å². The molecule has 2 aromatic rings. The van der Waals surface area contributed by atoms with Crippen molar-refractivity contribution in [1.82, 2.24) is 4.98 Å². The maximum atomic E-state index is 14.8. The Morgan fingerprint density at radius 1 is 0.878 bits per heavy atom. The molecule has 6 rings (SSSR count). The van der Waals surface area contributed by atoms with Gasteiger partial charge in [-0.3, -0.25) is 19.4 Å².